The molecule has 0 bridgehead atoms. The van der Waals surface area contributed by atoms with E-state index in [0.717, 1.165) is 16.5 Å². The zero-order valence-electron chi connectivity index (χ0n) is 13.3. The first-order valence-corrected chi connectivity index (χ1v) is 10.1. The highest BCUT2D eigenvalue weighted by Gasteiger charge is 2.20. The highest BCUT2D eigenvalue weighted by atomic mass is 32.2. The van der Waals surface area contributed by atoms with Gasteiger partial charge in [-0.15, -0.1) is 0 Å². The van der Waals surface area contributed by atoms with Gasteiger partial charge < -0.3 is 0 Å². The minimum absolute atomic E-state index is 0.196. The molecule has 124 valence electrons. The maximum absolute atomic E-state index is 12.8. The second-order valence-electron chi connectivity index (χ2n) is 5.31. The summed E-state index contributed by atoms with van der Waals surface area (Å²) in [4.78, 5) is 19.1. The Morgan fingerprint density at radius 1 is 1.12 bits per heavy atom. The van der Waals surface area contributed by atoms with Crippen molar-refractivity contribution in [3.63, 3.8) is 0 Å². The molecule has 0 N–H and O–H groups in total. The summed E-state index contributed by atoms with van der Waals surface area (Å²) in [5, 5.41) is 0.635. The number of carbonyl (C=O) groups is 1. The fourth-order valence-electron chi connectivity index (χ4n) is 2.34. The summed E-state index contributed by atoms with van der Waals surface area (Å²) in [6.45, 7) is 2.36. The molecule has 0 aliphatic carbocycles. The van der Waals surface area contributed by atoms with Gasteiger partial charge in [-0.05, 0) is 43.3 Å². The van der Waals surface area contributed by atoms with Crippen LogP contribution >= 0.6 is 11.3 Å². The van der Waals surface area contributed by atoms with Crippen LogP contribution in [0.2, 0.25) is 0 Å². The van der Waals surface area contributed by atoms with Crippen molar-refractivity contribution in [3.05, 3.63) is 54.1 Å². The number of nitrogens with zero attached hydrogens (tertiary/aromatic N) is 2. The van der Waals surface area contributed by atoms with Crippen molar-refractivity contribution >= 4 is 42.4 Å². The van der Waals surface area contributed by atoms with Gasteiger partial charge >= 0.3 is 0 Å². The molecule has 2 aromatic carbocycles. The Bertz CT molecular complexity index is 959. The number of thiazole rings is 1. The molecular weight excluding hydrogens is 344 g/mol. The number of sulfone groups is 1. The second kappa shape index (κ2) is 6.33. The number of benzene rings is 2. The summed E-state index contributed by atoms with van der Waals surface area (Å²) in [5.74, 6) is -0.198. The van der Waals surface area contributed by atoms with Crippen LogP contribution in [0.4, 0.5) is 5.13 Å². The molecular formula is C17H16N2O3S2. The fraction of sp³-hybridized carbons (Fsp3) is 0.176. The number of carbonyl (C=O) groups excluding carboxylic acids is 1. The number of amides is 1. The average Bonchev–Trinajstić information content (AvgIpc) is 2.98. The number of hydrogen-bond donors (Lipinski definition) is 0. The molecule has 7 heteroatoms. The maximum Gasteiger partial charge on any atom is 0.260 e. The largest absolute Gasteiger partial charge is 0.284 e. The molecule has 0 aliphatic rings. The monoisotopic (exact) mass is 360 g/mol. The Morgan fingerprint density at radius 2 is 1.79 bits per heavy atom. The topological polar surface area (TPSA) is 67.3 Å². The normalized spacial score (nSPS) is 11.6. The van der Waals surface area contributed by atoms with Gasteiger partial charge in [0.15, 0.2) is 15.0 Å². The Balaban J connectivity index is 1.94. The van der Waals surface area contributed by atoms with E-state index in [2.05, 4.69) is 4.98 Å². The van der Waals surface area contributed by atoms with Crippen molar-refractivity contribution in [2.45, 2.75) is 11.8 Å². The molecule has 0 radical (unpaired) electrons. The first kappa shape index (κ1) is 16.6. The standard InChI is InChI=1S/C17H16N2O3S2/c1-3-19(17-18-14-6-4-5-7-15(14)23-17)16(20)12-8-10-13(11-9-12)24(2,21)22/h4-11H,3H2,1-2H3. The van der Waals surface area contributed by atoms with Crippen molar-refractivity contribution < 1.29 is 13.2 Å². The molecule has 5 nitrogen and oxygen atoms in total. The molecule has 3 rings (SSSR count). The number of para-hydroxylation sites is 1. The molecule has 0 fully saturated rings. The van der Waals surface area contributed by atoms with Crippen LogP contribution in [-0.2, 0) is 9.84 Å². The molecule has 0 saturated heterocycles. The van der Waals surface area contributed by atoms with Crippen LogP contribution in [0.15, 0.2) is 53.4 Å². The summed E-state index contributed by atoms with van der Waals surface area (Å²) in [6, 6.07) is 13.7. The van der Waals surface area contributed by atoms with Gasteiger partial charge in [-0.1, -0.05) is 23.5 Å². The van der Waals surface area contributed by atoms with Crippen LogP contribution in [-0.4, -0.2) is 32.1 Å². The lowest BCUT2D eigenvalue weighted by Crippen LogP contribution is -2.30. The minimum atomic E-state index is -3.28. The zero-order valence-corrected chi connectivity index (χ0v) is 14.9. The van der Waals surface area contributed by atoms with Crippen LogP contribution in [0.25, 0.3) is 10.2 Å². The number of anilines is 1. The lowest BCUT2D eigenvalue weighted by atomic mass is 10.2. The molecule has 1 amide bonds. The predicted molar refractivity (Wildman–Crippen MR) is 96.5 cm³/mol. The third kappa shape index (κ3) is 3.18. The van der Waals surface area contributed by atoms with Crippen molar-refractivity contribution in [3.8, 4) is 0 Å². The Labute approximate surface area is 144 Å². The lowest BCUT2D eigenvalue weighted by molar-refractivity contribution is 0.0988. The Morgan fingerprint density at radius 3 is 2.38 bits per heavy atom. The van der Waals surface area contributed by atoms with Crippen LogP contribution in [0.5, 0.6) is 0 Å². The van der Waals surface area contributed by atoms with Crippen molar-refractivity contribution in [2.75, 3.05) is 17.7 Å². The second-order valence-corrected chi connectivity index (χ2v) is 8.33. The summed E-state index contributed by atoms with van der Waals surface area (Å²) in [5.41, 5.74) is 1.29. The minimum Gasteiger partial charge on any atom is -0.284 e. The van der Waals surface area contributed by atoms with E-state index >= 15 is 0 Å². The van der Waals surface area contributed by atoms with Crippen LogP contribution < -0.4 is 4.90 Å². The van der Waals surface area contributed by atoms with E-state index in [1.807, 2.05) is 31.2 Å². The fourth-order valence-corrected chi connectivity index (χ4v) is 4.00. The number of aromatic nitrogens is 1. The van der Waals surface area contributed by atoms with Gasteiger partial charge in [0.25, 0.3) is 5.91 Å². The van der Waals surface area contributed by atoms with Crippen LogP contribution in [0, 0.1) is 0 Å². The van der Waals surface area contributed by atoms with E-state index in [1.54, 1.807) is 4.90 Å². The first-order chi connectivity index (χ1) is 11.4. The lowest BCUT2D eigenvalue weighted by Gasteiger charge is -2.17. The molecule has 0 saturated carbocycles. The third-order valence-corrected chi connectivity index (χ3v) is 5.79. The quantitative estimate of drug-likeness (QED) is 0.715. The molecule has 0 atom stereocenters. The SMILES string of the molecule is CCN(C(=O)c1ccc(S(C)(=O)=O)cc1)c1nc2ccccc2s1. The van der Waals surface area contributed by atoms with Gasteiger partial charge in [-0.3, -0.25) is 9.69 Å². The molecule has 0 unspecified atom stereocenters. The zero-order chi connectivity index (χ0) is 17.3. The molecule has 24 heavy (non-hydrogen) atoms. The van der Waals surface area contributed by atoms with E-state index in [-0.39, 0.29) is 10.8 Å². The predicted octanol–water partition coefficient (Wildman–Crippen LogP) is 3.37. The van der Waals surface area contributed by atoms with E-state index in [0.29, 0.717) is 17.2 Å². The van der Waals surface area contributed by atoms with Crippen LogP contribution in [0.3, 0.4) is 0 Å². The number of hydrogen-bond acceptors (Lipinski definition) is 5. The Hall–Kier alpha value is -2.25. The smallest absolute Gasteiger partial charge is 0.260 e. The van der Waals surface area contributed by atoms with E-state index in [9.17, 15) is 13.2 Å². The van der Waals surface area contributed by atoms with Gasteiger partial charge in [0.2, 0.25) is 0 Å². The molecule has 1 heterocycles. The molecule has 1 aromatic heterocycles. The summed E-state index contributed by atoms with van der Waals surface area (Å²) in [6.07, 6.45) is 1.14. The first-order valence-electron chi connectivity index (χ1n) is 7.37. The van der Waals surface area contributed by atoms with Gasteiger partial charge in [0, 0.05) is 18.4 Å². The van der Waals surface area contributed by atoms with Gasteiger partial charge in [0.05, 0.1) is 15.1 Å². The maximum atomic E-state index is 12.8. The average molecular weight is 360 g/mol. The van der Waals surface area contributed by atoms with E-state index in [4.69, 9.17) is 0 Å². The number of rotatable bonds is 4. The van der Waals surface area contributed by atoms with E-state index < -0.39 is 9.84 Å². The van der Waals surface area contributed by atoms with E-state index in [1.165, 1.54) is 35.6 Å². The van der Waals surface area contributed by atoms with Gasteiger partial charge in [0.1, 0.15) is 0 Å². The highest BCUT2D eigenvalue weighted by molar-refractivity contribution is 7.90. The number of fused-ring (bicyclic) bond motifs is 1. The van der Waals surface area contributed by atoms with Gasteiger partial charge in [-0.2, -0.15) is 0 Å². The summed E-state index contributed by atoms with van der Waals surface area (Å²) in [7, 11) is -3.28. The molecule has 0 spiro atoms. The highest BCUT2D eigenvalue weighted by Crippen LogP contribution is 2.29. The molecule has 3 aromatic rings. The Kier molecular flexibility index (Phi) is 4.38. The summed E-state index contributed by atoms with van der Waals surface area (Å²) < 4.78 is 24.1. The van der Waals surface area contributed by atoms with Crippen molar-refractivity contribution in [2.24, 2.45) is 0 Å². The van der Waals surface area contributed by atoms with Crippen molar-refractivity contribution in [1.29, 1.82) is 0 Å². The summed E-state index contributed by atoms with van der Waals surface area (Å²) >= 11 is 1.46. The van der Waals surface area contributed by atoms with Crippen LogP contribution in [0.1, 0.15) is 17.3 Å². The molecule has 0 aliphatic heterocycles. The van der Waals surface area contributed by atoms with Gasteiger partial charge in [-0.25, -0.2) is 13.4 Å². The third-order valence-electron chi connectivity index (χ3n) is 3.60. The van der Waals surface area contributed by atoms with Crippen molar-refractivity contribution in [1.82, 2.24) is 4.98 Å².